The summed E-state index contributed by atoms with van der Waals surface area (Å²) in [5, 5.41) is 0.619. The minimum Gasteiger partial charge on any atom is -0.359 e. The summed E-state index contributed by atoms with van der Waals surface area (Å²) in [7, 11) is 0. The smallest absolute Gasteiger partial charge is 0.150 e. The Labute approximate surface area is 169 Å². The molecule has 0 amide bonds. The van der Waals surface area contributed by atoms with Crippen LogP contribution in [0.3, 0.4) is 0 Å². The fourth-order valence-electron chi connectivity index (χ4n) is 3.83. The molecule has 0 unspecified atom stereocenters. The number of hydrogen-bond acceptors (Lipinski definition) is 1. The SMILES string of the molecule is C[C@H](Cc1c[nH]c2c(F)cc(F)cc12)N(Cc1ccccc1)Cc1ccccc1. The van der Waals surface area contributed by atoms with Crippen LogP contribution in [0.4, 0.5) is 8.78 Å². The van der Waals surface area contributed by atoms with Gasteiger partial charge < -0.3 is 4.98 Å². The highest BCUT2D eigenvalue weighted by atomic mass is 19.1. The summed E-state index contributed by atoms with van der Waals surface area (Å²) in [6.07, 6.45) is 2.50. The van der Waals surface area contributed by atoms with Crippen LogP contribution in [-0.4, -0.2) is 15.9 Å². The maximum absolute atomic E-state index is 14.0. The first-order valence-electron chi connectivity index (χ1n) is 9.87. The lowest BCUT2D eigenvalue weighted by atomic mass is 10.0. The number of benzene rings is 3. The topological polar surface area (TPSA) is 19.0 Å². The number of aromatic amines is 1. The van der Waals surface area contributed by atoms with Crippen LogP contribution in [0.2, 0.25) is 0 Å². The van der Waals surface area contributed by atoms with Crippen LogP contribution in [0.1, 0.15) is 23.6 Å². The molecule has 0 saturated heterocycles. The van der Waals surface area contributed by atoms with Crippen molar-refractivity contribution in [3.05, 3.63) is 107 Å². The second-order valence-corrected chi connectivity index (χ2v) is 7.55. The van der Waals surface area contributed by atoms with Crippen molar-refractivity contribution >= 4 is 10.9 Å². The minimum atomic E-state index is -0.552. The summed E-state index contributed by atoms with van der Waals surface area (Å²) in [6, 6.07) is 23.2. The number of H-pyrrole nitrogens is 1. The van der Waals surface area contributed by atoms with Crippen molar-refractivity contribution in [1.82, 2.24) is 9.88 Å². The number of nitrogens with one attached hydrogen (secondary N) is 1. The van der Waals surface area contributed by atoms with Crippen LogP contribution in [0, 0.1) is 11.6 Å². The van der Waals surface area contributed by atoms with E-state index in [0.29, 0.717) is 17.3 Å². The van der Waals surface area contributed by atoms with Gasteiger partial charge in [0.05, 0.1) is 5.52 Å². The molecule has 0 aliphatic carbocycles. The molecule has 0 aliphatic heterocycles. The number of halogens is 2. The molecule has 4 aromatic rings. The van der Waals surface area contributed by atoms with Crippen LogP contribution < -0.4 is 0 Å². The molecule has 0 saturated carbocycles. The Morgan fingerprint density at radius 1 is 0.862 bits per heavy atom. The second-order valence-electron chi connectivity index (χ2n) is 7.55. The van der Waals surface area contributed by atoms with E-state index in [-0.39, 0.29) is 6.04 Å². The molecular formula is C25H24F2N2. The fraction of sp³-hybridized carbons (Fsp3) is 0.200. The van der Waals surface area contributed by atoms with E-state index >= 15 is 0 Å². The Kier molecular flexibility index (Phi) is 5.72. The van der Waals surface area contributed by atoms with Crippen LogP contribution in [0.25, 0.3) is 10.9 Å². The highest BCUT2D eigenvalue weighted by Crippen LogP contribution is 2.25. The molecule has 3 aromatic carbocycles. The van der Waals surface area contributed by atoms with Gasteiger partial charge in [-0.05, 0) is 36.1 Å². The minimum absolute atomic E-state index is 0.181. The third-order valence-electron chi connectivity index (χ3n) is 5.39. The van der Waals surface area contributed by atoms with Gasteiger partial charge in [-0.2, -0.15) is 0 Å². The standard InChI is InChI=1S/C25H24F2N2/c1-18(12-21-15-28-25-23(21)13-22(26)14-24(25)27)29(16-19-8-4-2-5-9-19)17-20-10-6-3-7-11-20/h2-11,13-15,18,28H,12,16-17H2,1H3/t18-/m1/s1. The number of rotatable bonds is 7. The van der Waals surface area contributed by atoms with Crippen LogP contribution in [-0.2, 0) is 19.5 Å². The van der Waals surface area contributed by atoms with Crippen LogP contribution in [0.5, 0.6) is 0 Å². The highest BCUT2D eigenvalue weighted by molar-refractivity contribution is 5.83. The Hall–Kier alpha value is -2.98. The summed E-state index contributed by atoms with van der Waals surface area (Å²) < 4.78 is 27.8. The average molecular weight is 390 g/mol. The first kappa shape index (κ1) is 19.3. The average Bonchev–Trinajstić information content (AvgIpc) is 3.12. The van der Waals surface area contributed by atoms with Crippen LogP contribution >= 0.6 is 0 Å². The van der Waals surface area contributed by atoms with Crippen molar-refractivity contribution < 1.29 is 8.78 Å². The van der Waals surface area contributed by atoms with E-state index in [2.05, 4.69) is 41.1 Å². The molecule has 148 valence electrons. The first-order valence-corrected chi connectivity index (χ1v) is 9.87. The molecule has 2 nitrogen and oxygen atoms in total. The normalized spacial score (nSPS) is 12.6. The van der Waals surface area contributed by atoms with Crippen molar-refractivity contribution in [3.8, 4) is 0 Å². The van der Waals surface area contributed by atoms with Gasteiger partial charge in [0.2, 0.25) is 0 Å². The Bertz CT molecular complexity index is 1030. The summed E-state index contributed by atoms with van der Waals surface area (Å²) in [5.74, 6) is -1.10. The van der Waals surface area contributed by atoms with Gasteiger partial charge in [0.1, 0.15) is 11.6 Å². The van der Waals surface area contributed by atoms with E-state index in [9.17, 15) is 8.78 Å². The van der Waals surface area contributed by atoms with Crippen LogP contribution in [0.15, 0.2) is 79.0 Å². The zero-order valence-corrected chi connectivity index (χ0v) is 16.4. The molecule has 0 aliphatic rings. The summed E-state index contributed by atoms with van der Waals surface area (Å²) in [4.78, 5) is 5.37. The molecule has 0 bridgehead atoms. The van der Waals surface area contributed by atoms with E-state index in [1.165, 1.54) is 17.2 Å². The Morgan fingerprint density at radius 3 is 2.03 bits per heavy atom. The molecule has 1 N–H and O–H groups in total. The van der Waals surface area contributed by atoms with Gasteiger partial charge in [0, 0.05) is 36.8 Å². The Balaban J connectivity index is 1.60. The van der Waals surface area contributed by atoms with Gasteiger partial charge in [-0.3, -0.25) is 4.90 Å². The van der Waals surface area contributed by atoms with Crippen molar-refractivity contribution in [3.63, 3.8) is 0 Å². The molecule has 0 spiro atoms. The van der Waals surface area contributed by atoms with Gasteiger partial charge >= 0.3 is 0 Å². The quantitative estimate of drug-likeness (QED) is 0.405. The second kappa shape index (κ2) is 8.58. The molecule has 1 atom stereocenters. The molecule has 1 aromatic heterocycles. The molecule has 0 radical (unpaired) electrons. The first-order chi connectivity index (χ1) is 14.1. The molecule has 4 heteroatoms. The number of aromatic nitrogens is 1. The number of nitrogens with zero attached hydrogens (tertiary/aromatic N) is 1. The molecule has 29 heavy (non-hydrogen) atoms. The maximum atomic E-state index is 14.0. The van der Waals surface area contributed by atoms with Gasteiger partial charge in [-0.25, -0.2) is 8.78 Å². The largest absolute Gasteiger partial charge is 0.359 e. The summed E-state index contributed by atoms with van der Waals surface area (Å²) in [6.45, 7) is 3.78. The van der Waals surface area contributed by atoms with E-state index in [4.69, 9.17) is 0 Å². The summed E-state index contributed by atoms with van der Waals surface area (Å²) >= 11 is 0. The highest BCUT2D eigenvalue weighted by Gasteiger charge is 2.18. The lowest BCUT2D eigenvalue weighted by Gasteiger charge is -2.29. The summed E-state index contributed by atoms with van der Waals surface area (Å²) in [5.41, 5.74) is 3.78. The van der Waals surface area contributed by atoms with Crippen molar-refractivity contribution in [2.24, 2.45) is 0 Å². The van der Waals surface area contributed by atoms with Gasteiger partial charge in [-0.15, -0.1) is 0 Å². The third-order valence-corrected chi connectivity index (χ3v) is 5.39. The zero-order chi connectivity index (χ0) is 20.2. The number of fused-ring (bicyclic) bond motifs is 1. The molecule has 4 rings (SSSR count). The molecule has 0 fully saturated rings. The lowest BCUT2D eigenvalue weighted by Crippen LogP contribution is -2.33. The van der Waals surface area contributed by atoms with Crippen molar-refractivity contribution in [1.29, 1.82) is 0 Å². The number of hydrogen-bond donors (Lipinski definition) is 1. The third kappa shape index (κ3) is 4.54. The predicted molar refractivity (Wildman–Crippen MR) is 114 cm³/mol. The van der Waals surface area contributed by atoms with Gasteiger partial charge in [0.15, 0.2) is 0 Å². The molecular weight excluding hydrogens is 366 g/mol. The van der Waals surface area contributed by atoms with E-state index in [1.54, 1.807) is 6.20 Å². The van der Waals surface area contributed by atoms with E-state index in [0.717, 1.165) is 24.7 Å². The lowest BCUT2D eigenvalue weighted by molar-refractivity contribution is 0.189. The van der Waals surface area contributed by atoms with E-state index < -0.39 is 11.6 Å². The van der Waals surface area contributed by atoms with Crippen molar-refractivity contribution in [2.45, 2.75) is 32.5 Å². The zero-order valence-electron chi connectivity index (χ0n) is 16.4. The maximum Gasteiger partial charge on any atom is 0.150 e. The Morgan fingerprint density at radius 2 is 1.45 bits per heavy atom. The van der Waals surface area contributed by atoms with Gasteiger partial charge in [-0.1, -0.05) is 60.7 Å². The van der Waals surface area contributed by atoms with Gasteiger partial charge in [0.25, 0.3) is 0 Å². The molecule has 1 heterocycles. The monoisotopic (exact) mass is 390 g/mol. The fourth-order valence-corrected chi connectivity index (χ4v) is 3.83. The van der Waals surface area contributed by atoms with E-state index in [1.807, 2.05) is 36.4 Å². The predicted octanol–water partition coefficient (Wildman–Crippen LogP) is 6.08. The van der Waals surface area contributed by atoms with Crippen molar-refractivity contribution in [2.75, 3.05) is 0 Å².